The van der Waals surface area contributed by atoms with Gasteiger partial charge in [-0.3, -0.25) is 4.99 Å². The van der Waals surface area contributed by atoms with Crippen molar-refractivity contribution < 1.29 is 9.52 Å². The standard InChI is InChI=1S/C16H27N3O2.HI/c1-2-13(12-20)18-16(19-14-6-3-4-7-14)17-10-9-15-8-5-11-21-15;/h5,8,11,13-14,20H,2-4,6-7,9-10,12H2,1H3,(H2,17,18,19);1H/t13-;/m1./s1. The van der Waals surface area contributed by atoms with Crippen molar-refractivity contribution in [3.05, 3.63) is 24.2 Å². The fourth-order valence-corrected chi connectivity index (χ4v) is 2.60. The summed E-state index contributed by atoms with van der Waals surface area (Å²) in [6.07, 6.45) is 8.33. The lowest BCUT2D eigenvalue weighted by Gasteiger charge is -2.21. The second-order valence-corrected chi connectivity index (χ2v) is 5.62. The minimum atomic E-state index is 0. The van der Waals surface area contributed by atoms with Gasteiger partial charge in [-0.15, -0.1) is 24.0 Å². The Morgan fingerprint density at radius 2 is 2.23 bits per heavy atom. The molecular weight excluding hydrogens is 393 g/mol. The molecule has 0 aliphatic heterocycles. The van der Waals surface area contributed by atoms with Gasteiger partial charge >= 0.3 is 0 Å². The topological polar surface area (TPSA) is 69.8 Å². The molecule has 2 rings (SSSR count). The van der Waals surface area contributed by atoms with E-state index < -0.39 is 0 Å². The summed E-state index contributed by atoms with van der Waals surface area (Å²) in [6.45, 7) is 2.86. The molecule has 126 valence electrons. The molecule has 0 bridgehead atoms. The Kier molecular flexibility index (Phi) is 9.54. The number of rotatable bonds is 7. The zero-order valence-electron chi connectivity index (χ0n) is 13.3. The van der Waals surface area contributed by atoms with Crippen LogP contribution in [0.3, 0.4) is 0 Å². The summed E-state index contributed by atoms with van der Waals surface area (Å²) in [7, 11) is 0. The Balaban J connectivity index is 0.00000242. The van der Waals surface area contributed by atoms with Gasteiger partial charge in [0.15, 0.2) is 5.96 Å². The molecule has 0 amide bonds. The van der Waals surface area contributed by atoms with Crippen LogP contribution in [0.15, 0.2) is 27.8 Å². The van der Waals surface area contributed by atoms with Gasteiger partial charge in [0.05, 0.1) is 18.9 Å². The molecule has 1 aromatic heterocycles. The van der Waals surface area contributed by atoms with Gasteiger partial charge in [-0.25, -0.2) is 0 Å². The van der Waals surface area contributed by atoms with E-state index in [-0.39, 0.29) is 36.6 Å². The molecule has 1 aliphatic carbocycles. The molecular formula is C16H28IN3O2. The number of nitrogens with one attached hydrogen (secondary N) is 2. The molecule has 0 saturated heterocycles. The SMILES string of the molecule is CC[C@H](CO)NC(=NCCc1ccco1)NC1CCCC1.I. The Bertz CT molecular complexity index is 407. The minimum absolute atomic E-state index is 0. The summed E-state index contributed by atoms with van der Waals surface area (Å²) in [4.78, 5) is 4.62. The number of halogens is 1. The average Bonchev–Trinajstić information content (AvgIpc) is 3.17. The summed E-state index contributed by atoms with van der Waals surface area (Å²) in [5, 5.41) is 16.2. The minimum Gasteiger partial charge on any atom is -0.469 e. The normalized spacial score (nSPS) is 17.1. The first-order chi connectivity index (χ1) is 10.3. The highest BCUT2D eigenvalue weighted by Crippen LogP contribution is 2.17. The number of furan rings is 1. The summed E-state index contributed by atoms with van der Waals surface area (Å²) in [6, 6.07) is 4.43. The number of hydrogen-bond acceptors (Lipinski definition) is 3. The van der Waals surface area contributed by atoms with Crippen LogP contribution in [0.5, 0.6) is 0 Å². The summed E-state index contributed by atoms with van der Waals surface area (Å²) < 4.78 is 5.32. The van der Waals surface area contributed by atoms with Crippen molar-refractivity contribution in [1.82, 2.24) is 10.6 Å². The number of hydrogen-bond donors (Lipinski definition) is 3. The van der Waals surface area contributed by atoms with Gasteiger partial charge in [0.1, 0.15) is 5.76 Å². The van der Waals surface area contributed by atoms with E-state index in [9.17, 15) is 5.11 Å². The third-order valence-corrected chi connectivity index (χ3v) is 3.96. The van der Waals surface area contributed by atoms with Crippen molar-refractivity contribution in [2.24, 2.45) is 4.99 Å². The number of aliphatic imine (C=N–C) groups is 1. The van der Waals surface area contributed by atoms with Crippen LogP contribution < -0.4 is 10.6 Å². The van der Waals surface area contributed by atoms with Crippen LogP contribution in [-0.2, 0) is 6.42 Å². The number of nitrogens with zero attached hydrogens (tertiary/aromatic N) is 1. The van der Waals surface area contributed by atoms with Crippen LogP contribution in [0, 0.1) is 0 Å². The van der Waals surface area contributed by atoms with Crippen molar-refractivity contribution in [3.63, 3.8) is 0 Å². The highest BCUT2D eigenvalue weighted by molar-refractivity contribution is 14.0. The predicted molar refractivity (Wildman–Crippen MR) is 99.8 cm³/mol. The van der Waals surface area contributed by atoms with E-state index in [1.54, 1.807) is 6.26 Å². The Labute approximate surface area is 150 Å². The highest BCUT2D eigenvalue weighted by atomic mass is 127. The van der Waals surface area contributed by atoms with Crippen LogP contribution in [0.1, 0.15) is 44.8 Å². The van der Waals surface area contributed by atoms with Gasteiger partial charge in [-0.1, -0.05) is 19.8 Å². The summed E-state index contributed by atoms with van der Waals surface area (Å²) >= 11 is 0. The number of aliphatic hydroxyl groups is 1. The lowest BCUT2D eigenvalue weighted by molar-refractivity contribution is 0.251. The largest absolute Gasteiger partial charge is 0.469 e. The lowest BCUT2D eigenvalue weighted by Crippen LogP contribution is -2.48. The first kappa shape index (κ1) is 19.3. The van der Waals surface area contributed by atoms with Gasteiger partial charge in [0.2, 0.25) is 0 Å². The number of guanidine groups is 1. The van der Waals surface area contributed by atoms with E-state index in [1.807, 2.05) is 12.1 Å². The average molecular weight is 421 g/mol. The molecule has 0 unspecified atom stereocenters. The maximum absolute atomic E-state index is 9.35. The van der Waals surface area contributed by atoms with E-state index >= 15 is 0 Å². The van der Waals surface area contributed by atoms with Gasteiger partial charge in [-0.2, -0.15) is 0 Å². The Hall–Kier alpha value is -0.760. The first-order valence-corrected chi connectivity index (χ1v) is 8.02. The maximum Gasteiger partial charge on any atom is 0.191 e. The molecule has 22 heavy (non-hydrogen) atoms. The van der Waals surface area contributed by atoms with Crippen molar-refractivity contribution in [2.75, 3.05) is 13.2 Å². The quantitative estimate of drug-likeness (QED) is 0.360. The molecule has 1 saturated carbocycles. The second kappa shape index (κ2) is 10.9. The van der Waals surface area contributed by atoms with Crippen LogP contribution in [0.25, 0.3) is 0 Å². The molecule has 1 heterocycles. The van der Waals surface area contributed by atoms with E-state index in [2.05, 4.69) is 22.5 Å². The van der Waals surface area contributed by atoms with Gasteiger partial charge < -0.3 is 20.2 Å². The predicted octanol–water partition coefficient (Wildman–Crippen LogP) is 2.69. The molecule has 1 aromatic rings. The Morgan fingerprint density at radius 1 is 1.45 bits per heavy atom. The van der Waals surface area contributed by atoms with Crippen LogP contribution in [-0.4, -0.2) is 36.3 Å². The van der Waals surface area contributed by atoms with E-state index in [4.69, 9.17) is 4.42 Å². The monoisotopic (exact) mass is 421 g/mol. The fourth-order valence-electron chi connectivity index (χ4n) is 2.60. The first-order valence-electron chi connectivity index (χ1n) is 8.02. The van der Waals surface area contributed by atoms with Crippen LogP contribution in [0.4, 0.5) is 0 Å². The molecule has 1 aliphatic rings. The molecule has 0 aromatic carbocycles. The summed E-state index contributed by atoms with van der Waals surface area (Å²) in [5.74, 6) is 1.77. The maximum atomic E-state index is 9.35. The van der Waals surface area contributed by atoms with Gasteiger partial charge in [-0.05, 0) is 31.4 Å². The molecule has 1 fully saturated rings. The molecule has 1 atom stereocenters. The number of aliphatic hydroxyl groups excluding tert-OH is 1. The van der Waals surface area contributed by atoms with Crippen molar-refractivity contribution in [2.45, 2.75) is 57.5 Å². The van der Waals surface area contributed by atoms with Crippen molar-refractivity contribution >= 4 is 29.9 Å². The Morgan fingerprint density at radius 3 is 2.82 bits per heavy atom. The van der Waals surface area contributed by atoms with Crippen molar-refractivity contribution in [1.29, 1.82) is 0 Å². The third kappa shape index (κ3) is 6.56. The summed E-state index contributed by atoms with van der Waals surface area (Å²) in [5.41, 5.74) is 0. The second-order valence-electron chi connectivity index (χ2n) is 5.62. The van der Waals surface area contributed by atoms with E-state index in [0.717, 1.165) is 24.6 Å². The zero-order chi connectivity index (χ0) is 14.9. The van der Waals surface area contributed by atoms with Crippen LogP contribution in [0.2, 0.25) is 0 Å². The molecule has 0 radical (unpaired) electrons. The highest BCUT2D eigenvalue weighted by Gasteiger charge is 2.17. The lowest BCUT2D eigenvalue weighted by atomic mass is 10.2. The van der Waals surface area contributed by atoms with Crippen molar-refractivity contribution in [3.8, 4) is 0 Å². The molecule has 6 heteroatoms. The van der Waals surface area contributed by atoms with E-state index in [1.165, 1.54) is 25.7 Å². The molecule has 5 nitrogen and oxygen atoms in total. The van der Waals surface area contributed by atoms with Gasteiger partial charge in [0.25, 0.3) is 0 Å². The van der Waals surface area contributed by atoms with Crippen LogP contribution >= 0.6 is 24.0 Å². The zero-order valence-corrected chi connectivity index (χ0v) is 15.6. The van der Waals surface area contributed by atoms with Gasteiger partial charge in [0, 0.05) is 19.0 Å². The molecule has 0 spiro atoms. The smallest absolute Gasteiger partial charge is 0.191 e. The fraction of sp³-hybridized carbons (Fsp3) is 0.688. The van der Waals surface area contributed by atoms with E-state index in [0.29, 0.717) is 12.6 Å². The molecule has 3 N–H and O–H groups in total. The third-order valence-electron chi connectivity index (χ3n) is 3.96.